The van der Waals surface area contributed by atoms with Gasteiger partial charge < -0.3 is 20.1 Å². The van der Waals surface area contributed by atoms with E-state index in [2.05, 4.69) is 17.1 Å². The molecule has 6 nitrogen and oxygen atoms in total. The van der Waals surface area contributed by atoms with E-state index in [0.29, 0.717) is 6.54 Å². The van der Waals surface area contributed by atoms with Crippen molar-refractivity contribution in [2.24, 2.45) is 0 Å². The fraction of sp³-hybridized carbons (Fsp3) is 0.944. The Bertz CT molecular complexity index is 391. The SMILES string of the molecule is C[C@H]([C@@H](C)NC(=O)N(C)CC1(O)CCCCCC1)N1CCOCC1. The van der Waals surface area contributed by atoms with Gasteiger partial charge in [-0.15, -0.1) is 0 Å². The predicted octanol–water partition coefficient (Wildman–Crippen LogP) is 1.82. The minimum absolute atomic E-state index is 0.0572. The number of hydrogen-bond acceptors (Lipinski definition) is 4. The van der Waals surface area contributed by atoms with E-state index in [1.165, 1.54) is 12.8 Å². The van der Waals surface area contributed by atoms with E-state index in [1.807, 2.05) is 6.92 Å². The fourth-order valence-corrected chi connectivity index (χ4v) is 3.78. The molecule has 6 heteroatoms. The standard InChI is InChI=1S/C18H35N3O3/c1-15(16(2)21-10-12-24-13-11-21)19-17(22)20(3)14-18(23)8-6-4-5-7-9-18/h15-16,23H,4-14H2,1-3H3,(H,19,22)/t15-,16-/m1/s1. The number of morpholine rings is 1. The summed E-state index contributed by atoms with van der Waals surface area (Å²) in [5.74, 6) is 0. The van der Waals surface area contributed by atoms with Crippen LogP contribution < -0.4 is 5.32 Å². The number of carbonyl (C=O) groups excluding carboxylic acids is 1. The number of amides is 2. The summed E-state index contributed by atoms with van der Waals surface area (Å²) in [5, 5.41) is 13.9. The molecule has 2 rings (SSSR count). The zero-order valence-electron chi connectivity index (χ0n) is 15.6. The highest BCUT2D eigenvalue weighted by molar-refractivity contribution is 5.74. The normalized spacial score (nSPS) is 24.7. The third kappa shape index (κ3) is 5.60. The Kier molecular flexibility index (Phi) is 7.32. The number of nitrogens with one attached hydrogen (secondary N) is 1. The molecule has 0 aromatic rings. The minimum Gasteiger partial charge on any atom is -0.388 e. The van der Waals surface area contributed by atoms with Crippen LogP contribution in [0.3, 0.4) is 0 Å². The molecule has 2 amide bonds. The number of rotatable bonds is 5. The molecule has 2 atom stereocenters. The van der Waals surface area contributed by atoms with Gasteiger partial charge in [0.1, 0.15) is 0 Å². The van der Waals surface area contributed by atoms with Crippen molar-refractivity contribution in [1.29, 1.82) is 0 Å². The molecule has 24 heavy (non-hydrogen) atoms. The molecule has 0 bridgehead atoms. The number of carbonyl (C=O) groups is 1. The molecule has 1 heterocycles. The van der Waals surface area contributed by atoms with Crippen molar-refractivity contribution in [3.63, 3.8) is 0 Å². The Labute approximate surface area is 146 Å². The summed E-state index contributed by atoms with van der Waals surface area (Å²) >= 11 is 0. The lowest BCUT2D eigenvalue weighted by molar-refractivity contribution is 0.00246. The van der Waals surface area contributed by atoms with Crippen LogP contribution >= 0.6 is 0 Å². The summed E-state index contributed by atoms with van der Waals surface area (Å²) in [7, 11) is 1.78. The van der Waals surface area contributed by atoms with Gasteiger partial charge >= 0.3 is 6.03 Å². The number of likely N-dealkylation sites (N-methyl/N-ethyl adjacent to an activating group) is 1. The maximum Gasteiger partial charge on any atom is 0.317 e. The molecule has 2 aliphatic rings. The van der Waals surface area contributed by atoms with Crippen LogP contribution in [0, 0.1) is 0 Å². The quantitative estimate of drug-likeness (QED) is 0.749. The number of nitrogens with zero attached hydrogens (tertiary/aromatic N) is 2. The van der Waals surface area contributed by atoms with E-state index in [9.17, 15) is 9.90 Å². The highest BCUT2D eigenvalue weighted by Gasteiger charge is 2.31. The molecule has 0 spiro atoms. The van der Waals surface area contributed by atoms with Crippen LogP contribution in [0.5, 0.6) is 0 Å². The number of urea groups is 1. The van der Waals surface area contributed by atoms with E-state index in [-0.39, 0.29) is 18.1 Å². The first-order valence-electron chi connectivity index (χ1n) is 9.47. The summed E-state index contributed by atoms with van der Waals surface area (Å²) in [6, 6.07) is 0.231. The molecule has 1 saturated heterocycles. The highest BCUT2D eigenvalue weighted by atomic mass is 16.5. The van der Waals surface area contributed by atoms with Gasteiger partial charge in [0.2, 0.25) is 0 Å². The van der Waals surface area contributed by atoms with Crippen LogP contribution in [-0.2, 0) is 4.74 Å². The molecular weight excluding hydrogens is 306 g/mol. The number of ether oxygens (including phenoxy) is 1. The van der Waals surface area contributed by atoms with Gasteiger partial charge in [-0.1, -0.05) is 25.7 Å². The van der Waals surface area contributed by atoms with Crippen LogP contribution in [0.15, 0.2) is 0 Å². The van der Waals surface area contributed by atoms with Crippen LogP contribution in [0.1, 0.15) is 52.4 Å². The van der Waals surface area contributed by atoms with E-state index < -0.39 is 5.60 Å². The van der Waals surface area contributed by atoms with Crippen molar-refractivity contribution in [2.75, 3.05) is 39.9 Å². The Hall–Kier alpha value is -0.850. The predicted molar refractivity (Wildman–Crippen MR) is 95.1 cm³/mol. The average Bonchev–Trinajstić information content (AvgIpc) is 2.79. The third-order valence-electron chi connectivity index (χ3n) is 5.61. The largest absolute Gasteiger partial charge is 0.388 e. The Morgan fingerprint density at radius 3 is 2.38 bits per heavy atom. The lowest BCUT2D eigenvalue weighted by Crippen LogP contribution is -2.55. The van der Waals surface area contributed by atoms with Crippen molar-refractivity contribution in [1.82, 2.24) is 15.1 Å². The van der Waals surface area contributed by atoms with E-state index >= 15 is 0 Å². The maximum absolute atomic E-state index is 12.5. The molecule has 0 radical (unpaired) electrons. The second-order valence-electron chi connectivity index (χ2n) is 7.62. The summed E-state index contributed by atoms with van der Waals surface area (Å²) in [5.41, 5.74) is -0.721. The van der Waals surface area contributed by atoms with E-state index in [1.54, 1.807) is 11.9 Å². The van der Waals surface area contributed by atoms with Gasteiger partial charge in [0, 0.05) is 32.2 Å². The second kappa shape index (κ2) is 9.02. The van der Waals surface area contributed by atoms with Crippen molar-refractivity contribution in [2.45, 2.75) is 70.1 Å². The summed E-state index contributed by atoms with van der Waals surface area (Å²) in [4.78, 5) is 16.5. The lowest BCUT2D eigenvalue weighted by Gasteiger charge is -2.37. The van der Waals surface area contributed by atoms with Gasteiger partial charge in [0.15, 0.2) is 0 Å². The zero-order valence-corrected chi connectivity index (χ0v) is 15.6. The number of aliphatic hydroxyl groups is 1. The van der Waals surface area contributed by atoms with Crippen LogP contribution in [-0.4, -0.2) is 78.5 Å². The maximum atomic E-state index is 12.5. The topological polar surface area (TPSA) is 65.0 Å². The van der Waals surface area contributed by atoms with Crippen molar-refractivity contribution < 1.29 is 14.6 Å². The molecular formula is C18H35N3O3. The zero-order chi connectivity index (χ0) is 17.6. The molecule has 2 fully saturated rings. The number of hydrogen-bond donors (Lipinski definition) is 2. The first-order chi connectivity index (χ1) is 11.4. The van der Waals surface area contributed by atoms with Crippen LogP contribution in [0.2, 0.25) is 0 Å². The van der Waals surface area contributed by atoms with E-state index in [4.69, 9.17) is 4.74 Å². The van der Waals surface area contributed by atoms with E-state index in [0.717, 1.165) is 52.0 Å². The average molecular weight is 341 g/mol. The molecule has 0 aromatic heterocycles. The second-order valence-corrected chi connectivity index (χ2v) is 7.62. The van der Waals surface area contributed by atoms with Gasteiger partial charge in [0.05, 0.1) is 25.4 Å². The monoisotopic (exact) mass is 341 g/mol. The summed E-state index contributed by atoms with van der Waals surface area (Å²) in [6.45, 7) is 7.96. The molecule has 0 unspecified atom stereocenters. The Balaban J connectivity index is 1.81. The Morgan fingerprint density at radius 1 is 1.21 bits per heavy atom. The van der Waals surface area contributed by atoms with Gasteiger partial charge in [0.25, 0.3) is 0 Å². The van der Waals surface area contributed by atoms with Gasteiger partial charge in [-0.3, -0.25) is 4.90 Å². The highest BCUT2D eigenvalue weighted by Crippen LogP contribution is 2.27. The smallest absolute Gasteiger partial charge is 0.317 e. The summed E-state index contributed by atoms with van der Waals surface area (Å²) < 4.78 is 5.39. The van der Waals surface area contributed by atoms with Gasteiger partial charge in [-0.05, 0) is 26.7 Å². The molecule has 2 N–H and O–H groups in total. The van der Waals surface area contributed by atoms with Crippen molar-refractivity contribution in [3.05, 3.63) is 0 Å². The molecule has 1 saturated carbocycles. The van der Waals surface area contributed by atoms with Crippen LogP contribution in [0.4, 0.5) is 4.79 Å². The van der Waals surface area contributed by atoms with Crippen molar-refractivity contribution in [3.8, 4) is 0 Å². The first-order valence-corrected chi connectivity index (χ1v) is 9.47. The third-order valence-corrected chi connectivity index (χ3v) is 5.61. The Morgan fingerprint density at radius 2 is 1.79 bits per heavy atom. The molecule has 140 valence electrons. The summed E-state index contributed by atoms with van der Waals surface area (Å²) in [6.07, 6.45) is 6.07. The van der Waals surface area contributed by atoms with Gasteiger partial charge in [-0.2, -0.15) is 0 Å². The molecule has 1 aliphatic heterocycles. The van der Waals surface area contributed by atoms with Crippen LogP contribution in [0.25, 0.3) is 0 Å². The minimum atomic E-state index is -0.721. The first kappa shape index (κ1) is 19.5. The van der Waals surface area contributed by atoms with Crippen molar-refractivity contribution >= 4 is 6.03 Å². The fourth-order valence-electron chi connectivity index (χ4n) is 3.78. The molecule has 0 aromatic carbocycles. The van der Waals surface area contributed by atoms with Gasteiger partial charge in [-0.25, -0.2) is 4.79 Å². The molecule has 1 aliphatic carbocycles. The lowest BCUT2D eigenvalue weighted by atomic mass is 9.94.